The molecule has 0 aliphatic heterocycles. The fourth-order valence-corrected chi connectivity index (χ4v) is 6.27. The van der Waals surface area contributed by atoms with Crippen molar-refractivity contribution in [3.05, 3.63) is 60.9 Å². The second-order valence-corrected chi connectivity index (χ2v) is 12.4. The lowest BCUT2D eigenvalue weighted by molar-refractivity contribution is 0.130. The van der Waals surface area contributed by atoms with Gasteiger partial charge >= 0.3 is 6.09 Å². The molecule has 0 unspecified atom stereocenters. The van der Waals surface area contributed by atoms with E-state index in [1.54, 1.807) is 77.3 Å². The maximum absolute atomic E-state index is 13.4. The van der Waals surface area contributed by atoms with E-state index < -0.39 is 21.7 Å². The molecule has 0 radical (unpaired) electrons. The summed E-state index contributed by atoms with van der Waals surface area (Å²) in [6.07, 6.45) is 2.56. The molecule has 2 heterocycles. The summed E-state index contributed by atoms with van der Waals surface area (Å²) < 4.78 is 34.7. The van der Waals surface area contributed by atoms with Crippen LogP contribution in [-0.2, 0) is 14.8 Å². The van der Waals surface area contributed by atoms with E-state index in [2.05, 4.69) is 25.2 Å². The van der Waals surface area contributed by atoms with Gasteiger partial charge in [0, 0.05) is 40.3 Å². The number of carbonyl (C=O) groups is 1. The topological polar surface area (TPSA) is 126 Å². The summed E-state index contributed by atoms with van der Waals surface area (Å²) in [6, 6.07) is 14.3. The van der Waals surface area contributed by atoms with Crippen LogP contribution in [-0.4, -0.2) is 41.3 Å². The van der Waals surface area contributed by atoms with Gasteiger partial charge in [0.05, 0.1) is 21.6 Å². The highest BCUT2D eigenvalue weighted by atomic mass is 32.2. The summed E-state index contributed by atoms with van der Waals surface area (Å²) >= 11 is 1.38. The van der Waals surface area contributed by atoms with Crippen LogP contribution in [0.3, 0.4) is 0 Å². The van der Waals surface area contributed by atoms with Gasteiger partial charge in [0.2, 0.25) is 10.0 Å². The van der Waals surface area contributed by atoms with Gasteiger partial charge < -0.3 is 4.74 Å². The van der Waals surface area contributed by atoms with Crippen LogP contribution in [0.25, 0.3) is 32.3 Å². The lowest BCUT2D eigenvalue weighted by Crippen LogP contribution is -2.40. The number of hydrogen-bond donors (Lipinski definition) is 3. The van der Waals surface area contributed by atoms with E-state index in [-0.39, 0.29) is 11.0 Å². The number of nitrogens with zero attached hydrogens (tertiary/aromatic N) is 2. The monoisotopic (exact) mass is 539 g/mol. The summed E-state index contributed by atoms with van der Waals surface area (Å²) in [5.74, 6) is 0. The molecule has 0 aliphatic carbocycles. The number of rotatable bonds is 7. The molecule has 37 heavy (non-hydrogen) atoms. The first kappa shape index (κ1) is 26.5. The quantitative estimate of drug-likeness (QED) is 0.268. The van der Waals surface area contributed by atoms with Gasteiger partial charge in [-0.25, -0.2) is 22.9 Å². The molecule has 1 amide bonds. The van der Waals surface area contributed by atoms with Gasteiger partial charge in [-0.3, -0.25) is 10.4 Å². The average Bonchev–Trinajstić information content (AvgIpc) is 3.50. The van der Waals surface area contributed by atoms with Gasteiger partial charge in [0.25, 0.3) is 0 Å². The first-order valence-corrected chi connectivity index (χ1v) is 13.9. The molecule has 11 heteroatoms. The Morgan fingerprint density at radius 3 is 2.38 bits per heavy atom. The number of hydrogen-bond acceptors (Lipinski definition) is 7. The average molecular weight is 540 g/mol. The molecule has 4 rings (SSSR count). The zero-order valence-electron chi connectivity index (χ0n) is 21.2. The van der Waals surface area contributed by atoms with Crippen LogP contribution >= 0.6 is 11.3 Å². The number of carbonyl (C=O) groups excluding carboxylic acids is 1. The van der Waals surface area contributed by atoms with E-state index in [9.17, 15) is 13.2 Å². The van der Waals surface area contributed by atoms with Crippen molar-refractivity contribution in [2.24, 2.45) is 0 Å². The Bertz CT molecular complexity index is 1490. The SMILES string of the molecule is CC(C)OC(=O)Nc1ccc(-c2ncc(-c3ccc(-c4ccn[nH]4)cc3S(=O)(=O)NC(C)(C)C)s2)cc1. The molecule has 2 aromatic carbocycles. The van der Waals surface area contributed by atoms with E-state index in [1.165, 1.54) is 11.3 Å². The lowest BCUT2D eigenvalue weighted by Gasteiger charge is -2.21. The number of nitrogens with one attached hydrogen (secondary N) is 3. The lowest BCUT2D eigenvalue weighted by atomic mass is 10.1. The Hall–Kier alpha value is -3.54. The van der Waals surface area contributed by atoms with Crippen molar-refractivity contribution in [1.82, 2.24) is 19.9 Å². The number of ether oxygens (including phenoxy) is 1. The van der Waals surface area contributed by atoms with E-state index >= 15 is 0 Å². The Morgan fingerprint density at radius 1 is 1.05 bits per heavy atom. The predicted octanol–water partition coefficient (Wildman–Crippen LogP) is 5.90. The predicted molar refractivity (Wildman–Crippen MR) is 146 cm³/mol. The molecular formula is C26H29N5O4S2. The minimum Gasteiger partial charge on any atom is -0.447 e. The van der Waals surface area contributed by atoms with Crippen molar-refractivity contribution < 1.29 is 17.9 Å². The van der Waals surface area contributed by atoms with Crippen molar-refractivity contribution in [2.45, 2.75) is 51.2 Å². The summed E-state index contributed by atoms with van der Waals surface area (Å²) in [4.78, 5) is 17.2. The smallest absolute Gasteiger partial charge is 0.411 e. The highest BCUT2D eigenvalue weighted by molar-refractivity contribution is 7.89. The third-order valence-electron chi connectivity index (χ3n) is 5.02. The Labute approximate surface area is 220 Å². The Kier molecular flexibility index (Phi) is 7.49. The highest BCUT2D eigenvalue weighted by Gasteiger charge is 2.26. The first-order chi connectivity index (χ1) is 17.4. The van der Waals surface area contributed by atoms with Crippen molar-refractivity contribution in [3.63, 3.8) is 0 Å². The first-order valence-electron chi connectivity index (χ1n) is 11.6. The number of anilines is 1. The summed E-state index contributed by atoms with van der Waals surface area (Å²) in [6.45, 7) is 8.96. The normalized spacial score (nSPS) is 12.1. The Balaban J connectivity index is 1.67. The maximum atomic E-state index is 13.4. The highest BCUT2D eigenvalue weighted by Crippen LogP contribution is 2.37. The molecule has 0 saturated carbocycles. The van der Waals surface area contributed by atoms with Crippen molar-refractivity contribution in [2.75, 3.05) is 5.32 Å². The van der Waals surface area contributed by atoms with E-state index in [1.807, 2.05) is 18.2 Å². The molecule has 0 atom stereocenters. The number of thiazole rings is 1. The maximum Gasteiger partial charge on any atom is 0.411 e. The number of aromatic nitrogens is 3. The molecular weight excluding hydrogens is 510 g/mol. The van der Waals surface area contributed by atoms with Crippen molar-refractivity contribution in [1.29, 1.82) is 0 Å². The minimum atomic E-state index is -3.85. The van der Waals surface area contributed by atoms with E-state index in [0.717, 1.165) is 16.3 Å². The molecule has 0 bridgehead atoms. The standard InChI is InChI=1S/C26H29N5O4S2/c1-16(2)35-25(32)29-19-9-6-17(7-10-19)24-27-15-22(36-24)20-11-8-18(21-12-13-28-30-21)14-23(20)37(33,34)31-26(3,4)5/h6-16,31H,1-5H3,(H,28,30)(H,29,32). The molecule has 9 nitrogen and oxygen atoms in total. The summed E-state index contributed by atoms with van der Waals surface area (Å²) in [5.41, 5.74) is 2.76. The number of amides is 1. The van der Waals surface area contributed by atoms with Gasteiger partial charge in [-0.2, -0.15) is 5.10 Å². The molecule has 0 saturated heterocycles. The van der Waals surface area contributed by atoms with E-state index in [4.69, 9.17) is 4.74 Å². The second-order valence-electron chi connectivity index (χ2n) is 9.72. The van der Waals surface area contributed by atoms with Gasteiger partial charge in [0.15, 0.2) is 0 Å². The van der Waals surface area contributed by atoms with Gasteiger partial charge in [-0.1, -0.05) is 12.1 Å². The summed E-state index contributed by atoms with van der Waals surface area (Å²) in [7, 11) is -3.85. The number of benzene rings is 2. The van der Waals surface area contributed by atoms with Crippen LogP contribution in [0.2, 0.25) is 0 Å². The van der Waals surface area contributed by atoms with Gasteiger partial charge in [-0.05, 0) is 71.0 Å². The van der Waals surface area contributed by atoms with Crippen LogP contribution in [0.5, 0.6) is 0 Å². The van der Waals surface area contributed by atoms with Crippen LogP contribution in [0.15, 0.2) is 65.8 Å². The van der Waals surface area contributed by atoms with Crippen LogP contribution in [0, 0.1) is 0 Å². The van der Waals surface area contributed by atoms with Crippen molar-refractivity contribution in [3.8, 4) is 32.3 Å². The molecule has 3 N–H and O–H groups in total. The molecule has 194 valence electrons. The fourth-order valence-electron chi connectivity index (χ4n) is 3.58. The summed E-state index contributed by atoms with van der Waals surface area (Å²) in [5, 5.41) is 10.3. The number of H-pyrrole nitrogens is 1. The van der Waals surface area contributed by atoms with Crippen LogP contribution in [0.1, 0.15) is 34.6 Å². The van der Waals surface area contributed by atoms with Crippen LogP contribution in [0.4, 0.5) is 10.5 Å². The third-order valence-corrected chi connectivity index (χ3v) is 7.89. The zero-order valence-corrected chi connectivity index (χ0v) is 22.8. The van der Waals surface area contributed by atoms with Crippen LogP contribution < -0.4 is 10.0 Å². The molecule has 0 fully saturated rings. The fraction of sp³-hybridized carbons (Fsp3) is 0.269. The van der Waals surface area contributed by atoms with Crippen molar-refractivity contribution >= 4 is 33.1 Å². The van der Waals surface area contributed by atoms with Gasteiger partial charge in [0.1, 0.15) is 5.01 Å². The largest absolute Gasteiger partial charge is 0.447 e. The molecule has 4 aromatic rings. The second kappa shape index (κ2) is 10.4. The molecule has 0 aliphatic rings. The minimum absolute atomic E-state index is 0.160. The van der Waals surface area contributed by atoms with E-state index in [0.29, 0.717) is 21.7 Å². The Morgan fingerprint density at radius 2 is 1.76 bits per heavy atom. The molecule has 2 aromatic heterocycles. The zero-order chi connectivity index (χ0) is 26.8. The third kappa shape index (κ3) is 6.62. The number of sulfonamides is 1. The van der Waals surface area contributed by atoms with Gasteiger partial charge in [-0.15, -0.1) is 11.3 Å². The molecule has 0 spiro atoms. The number of aromatic amines is 1.